The van der Waals surface area contributed by atoms with E-state index in [9.17, 15) is 18.3 Å². The van der Waals surface area contributed by atoms with Gasteiger partial charge in [0.1, 0.15) is 12.3 Å². The van der Waals surface area contributed by atoms with Crippen LogP contribution >= 0.6 is 0 Å². The van der Waals surface area contributed by atoms with Crippen LogP contribution < -0.4 is 14.4 Å². The Morgan fingerprint density at radius 2 is 1.58 bits per heavy atom. The van der Waals surface area contributed by atoms with Crippen LogP contribution in [-0.2, 0) is 14.8 Å². The van der Waals surface area contributed by atoms with E-state index in [4.69, 9.17) is 4.74 Å². The molecule has 0 radical (unpaired) electrons. The van der Waals surface area contributed by atoms with Gasteiger partial charge in [0.2, 0.25) is 0 Å². The number of carboxylic acids is 1. The van der Waals surface area contributed by atoms with Crippen LogP contribution in [0.15, 0.2) is 59.5 Å². The van der Waals surface area contributed by atoms with Crippen molar-refractivity contribution in [3.8, 4) is 5.75 Å². The molecule has 0 bridgehead atoms. The predicted molar refractivity (Wildman–Crippen MR) is 130 cm³/mol. The molecular weight excluding hydrogens is 440 g/mol. The average molecular weight is 469 g/mol. The number of sulfonamides is 1. The molecule has 3 rings (SSSR count). The van der Waals surface area contributed by atoms with Gasteiger partial charge in [-0.3, -0.25) is 9.10 Å². The molecule has 8 heteroatoms. The molecule has 0 aliphatic rings. The molecule has 0 fully saturated rings. The van der Waals surface area contributed by atoms with Crippen LogP contribution in [0, 0.1) is 27.7 Å². The highest BCUT2D eigenvalue weighted by Crippen LogP contribution is 2.33. The van der Waals surface area contributed by atoms with Crippen LogP contribution in [0.4, 0.5) is 17.1 Å². The summed E-state index contributed by atoms with van der Waals surface area (Å²) in [7, 11) is -2.57. The highest BCUT2D eigenvalue weighted by atomic mass is 32.2. The van der Waals surface area contributed by atoms with E-state index in [-0.39, 0.29) is 4.90 Å². The Labute approximate surface area is 194 Å². The summed E-state index contributed by atoms with van der Waals surface area (Å²) >= 11 is 0. The molecule has 0 heterocycles. The fourth-order valence-electron chi connectivity index (χ4n) is 3.93. The highest BCUT2D eigenvalue weighted by Gasteiger charge is 2.31. The second kappa shape index (κ2) is 9.54. The van der Waals surface area contributed by atoms with Crippen molar-refractivity contribution in [2.45, 2.75) is 32.6 Å². The lowest BCUT2D eigenvalue weighted by molar-refractivity contribution is -0.135. The van der Waals surface area contributed by atoms with Crippen molar-refractivity contribution in [1.29, 1.82) is 0 Å². The number of ether oxygens (including phenoxy) is 1. The van der Waals surface area contributed by atoms with Crippen molar-refractivity contribution in [2.24, 2.45) is 0 Å². The first-order valence-electron chi connectivity index (χ1n) is 10.4. The molecule has 7 nitrogen and oxygen atoms in total. The number of anilines is 3. The fraction of sp³-hybridized carbons (Fsp3) is 0.240. The number of rotatable bonds is 8. The number of benzene rings is 3. The van der Waals surface area contributed by atoms with Crippen LogP contribution in [0.1, 0.15) is 22.3 Å². The summed E-state index contributed by atoms with van der Waals surface area (Å²) in [6.07, 6.45) is 0. The minimum Gasteiger partial charge on any atom is -0.497 e. The summed E-state index contributed by atoms with van der Waals surface area (Å²) in [6.45, 7) is 6.39. The van der Waals surface area contributed by atoms with Gasteiger partial charge in [0.25, 0.3) is 10.0 Å². The van der Waals surface area contributed by atoms with Crippen molar-refractivity contribution in [2.75, 3.05) is 23.3 Å². The first-order valence-corrected chi connectivity index (χ1v) is 11.8. The van der Waals surface area contributed by atoms with Crippen molar-refractivity contribution in [3.05, 3.63) is 76.9 Å². The molecule has 0 aliphatic carbocycles. The second-order valence-corrected chi connectivity index (χ2v) is 9.79. The molecule has 2 N–H and O–H groups in total. The maximum atomic E-state index is 13.8. The number of carbonyl (C=O) groups is 1. The fourth-order valence-corrected chi connectivity index (χ4v) is 5.82. The SMILES string of the molecule is COc1cccc(Nc2ccc(C)c(N(CC(=O)O)S(=O)(=O)c3c(C)cc(C)cc3C)c2)c1. The number of carboxylic acid groups (broad SMARTS) is 1. The molecule has 0 spiro atoms. The van der Waals surface area contributed by atoms with Gasteiger partial charge < -0.3 is 15.2 Å². The van der Waals surface area contributed by atoms with Gasteiger partial charge in [-0.05, 0) is 68.7 Å². The third kappa shape index (κ3) is 5.28. The van der Waals surface area contributed by atoms with E-state index in [1.165, 1.54) is 0 Å². The number of hydrogen-bond acceptors (Lipinski definition) is 5. The Hall–Kier alpha value is -3.52. The van der Waals surface area contributed by atoms with E-state index in [0.717, 1.165) is 15.6 Å². The lowest BCUT2D eigenvalue weighted by atomic mass is 10.1. The molecule has 174 valence electrons. The van der Waals surface area contributed by atoms with Crippen molar-refractivity contribution in [3.63, 3.8) is 0 Å². The lowest BCUT2D eigenvalue weighted by Gasteiger charge is -2.27. The summed E-state index contributed by atoms with van der Waals surface area (Å²) in [5, 5.41) is 12.8. The van der Waals surface area contributed by atoms with Gasteiger partial charge in [0.05, 0.1) is 17.7 Å². The topological polar surface area (TPSA) is 95.9 Å². The zero-order valence-electron chi connectivity index (χ0n) is 19.3. The number of aliphatic carboxylic acids is 1. The Balaban J connectivity index is 2.11. The van der Waals surface area contributed by atoms with E-state index in [2.05, 4.69) is 5.32 Å². The minimum atomic E-state index is -4.15. The first kappa shape index (κ1) is 24.1. The van der Waals surface area contributed by atoms with Gasteiger partial charge >= 0.3 is 5.97 Å². The molecule has 0 aromatic heterocycles. The maximum Gasteiger partial charge on any atom is 0.324 e. The van der Waals surface area contributed by atoms with Gasteiger partial charge in [-0.25, -0.2) is 8.42 Å². The van der Waals surface area contributed by atoms with Gasteiger partial charge in [0, 0.05) is 17.4 Å². The van der Waals surface area contributed by atoms with Crippen LogP contribution in [-0.4, -0.2) is 33.1 Å². The summed E-state index contributed by atoms with van der Waals surface area (Å²) < 4.78 is 33.7. The summed E-state index contributed by atoms with van der Waals surface area (Å²) in [6, 6.07) is 16.1. The minimum absolute atomic E-state index is 0.125. The van der Waals surface area contributed by atoms with Crippen LogP contribution in [0.25, 0.3) is 0 Å². The summed E-state index contributed by atoms with van der Waals surface area (Å²) in [5.41, 5.74) is 4.39. The Kier molecular flexibility index (Phi) is 6.98. The van der Waals surface area contributed by atoms with E-state index in [1.807, 2.05) is 37.3 Å². The van der Waals surface area contributed by atoms with E-state index in [1.54, 1.807) is 52.1 Å². The van der Waals surface area contributed by atoms with Gasteiger partial charge in [0.15, 0.2) is 0 Å². The number of hydrogen-bond donors (Lipinski definition) is 2. The van der Waals surface area contributed by atoms with Crippen LogP contribution in [0.2, 0.25) is 0 Å². The largest absolute Gasteiger partial charge is 0.497 e. The Bertz CT molecular complexity index is 1280. The number of nitrogens with zero attached hydrogens (tertiary/aromatic N) is 1. The third-order valence-electron chi connectivity index (χ3n) is 5.27. The second-order valence-electron chi connectivity index (χ2n) is 7.99. The smallest absolute Gasteiger partial charge is 0.324 e. The molecule has 33 heavy (non-hydrogen) atoms. The van der Waals surface area contributed by atoms with E-state index < -0.39 is 22.5 Å². The molecule has 0 aliphatic heterocycles. The van der Waals surface area contributed by atoms with Gasteiger partial charge in [-0.1, -0.05) is 29.8 Å². The Morgan fingerprint density at radius 3 is 2.18 bits per heavy atom. The molecule has 0 amide bonds. The summed E-state index contributed by atoms with van der Waals surface area (Å²) in [5.74, 6) is -0.570. The number of aryl methyl sites for hydroxylation is 4. The van der Waals surface area contributed by atoms with Crippen LogP contribution in [0.3, 0.4) is 0 Å². The molecule has 3 aromatic carbocycles. The molecule has 0 atom stereocenters. The molecule has 0 unspecified atom stereocenters. The monoisotopic (exact) mass is 468 g/mol. The number of methoxy groups -OCH3 is 1. The molecule has 3 aromatic rings. The molecule has 0 saturated heterocycles. The predicted octanol–water partition coefficient (Wildman–Crippen LogP) is 4.95. The van der Waals surface area contributed by atoms with Gasteiger partial charge in [-0.2, -0.15) is 0 Å². The van der Waals surface area contributed by atoms with Crippen LogP contribution in [0.5, 0.6) is 5.75 Å². The quantitative estimate of drug-likeness (QED) is 0.486. The standard InChI is InChI=1S/C25H28N2O5S/c1-16-11-18(3)25(19(4)12-16)33(30,31)27(15-24(28)29)23-14-21(10-9-17(23)2)26-20-7-6-8-22(13-20)32-5/h6-14,26H,15H2,1-5H3,(H,28,29). The first-order chi connectivity index (χ1) is 15.5. The zero-order valence-corrected chi connectivity index (χ0v) is 20.2. The van der Waals surface area contributed by atoms with Crippen molar-refractivity contribution in [1.82, 2.24) is 0 Å². The van der Waals surface area contributed by atoms with Crippen molar-refractivity contribution >= 4 is 33.1 Å². The average Bonchev–Trinajstić information content (AvgIpc) is 2.72. The highest BCUT2D eigenvalue weighted by molar-refractivity contribution is 7.93. The molecule has 0 saturated carbocycles. The Morgan fingerprint density at radius 1 is 0.939 bits per heavy atom. The maximum absolute atomic E-state index is 13.8. The number of nitrogens with one attached hydrogen (secondary N) is 1. The molecular formula is C25H28N2O5S. The van der Waals surface area contributed by atoms with Crippen molar-refractivity contribution < 1.29 is 23.1 Å². The van der Waals surface area contributed by atoms with E-state index in [0.29, 0.717) is 33.8 Å². The van der Waals surface area contributed by atoms with Gasteiger partial charge in [-0.15, -0.1) is 0 Å². The summed E-state index contributed by atoms with van der Waals surface area (Å²) in [4.78, 5) is 11.8. The van der Waals surface area contributed by atoms with E-state index >= 15 is 0 Å². The zero-order chi connectivity index (χ0) is 24.3. The third-order valence-corrected chi connectivity index (χ3v) is 7.33. The normalized spacial score (nSPS) is 11.2. The lowest BCUT2D eigenvalue weighted by Crippen LogP contribution is -2.37.